The molecule has 0 fully saturated rings. The molecule has 6 nitrogen and oxygen atoms in total. The van der Waals surface area contributed by atoms with E-state index in [0.717, 1.165) is 19.2 Å². The molecule has 0 spiro atoms. The van der Waals surface area contributed by atoms with Crippen molar-refractivity contribution in [2.24, 2.45) is 11.8 Å². The van der Waals surface area contributed by atoms with Crippen molar-refractivity contribution in [2.45, 2.75) is 13.8 Å². The number of rotatable bonds is 5. The summed E-state index contributed by atoms with van der Waals surface area (Å²) >= 11 is 0. The molecule has 0 aliphatic rings. The maximum Gasteiger partial charge on any atom is 0.339 e. The number of methoxy groups -OCH3 is 1. The van der Waals surface area contributed by atoms with Gasteiger partial charge in [0.15, 0.2) is 0 Å². The van der Waals surface area contributed by atoms with Crippen LogP contribution >= 0.6 is 0 Å². The molecule has 0 aliphatic heterocycles. The molecule has 0 heterocycles. The van der Waals surface area contributed by atoms with Gasteiger partial charge in [-0.25, -0.2) is 9.18 Å². The lowest BCUT2D eigenvalue weighted by Crippen LogP contribution is -2.30. The number of nitrogens with one attached hydrogen (secondary N) is 1. The number of hydrogen-bond donors (Lipinski definition) is 2. The number of carbonyl (C=O) groups excluding carboxylic acids is 2. The molecule has 0 radical (unpaired) electrons. The van der Waals surface area contributed by atoms with E-state index in [1.165, 1.54) is 19.9 Å². The van der Waals surface area contributed by atoms with Crippen molar-refractivity contribution < 1.29 is 28.6 Å². The monoisotopic (exact) mass is 297 g/mol. The molecule has 1 aromatic rings. The number of aliphatic carboxylic acids is 1. The Bertz CT molecular complexity index is 572. The summed E-state index contributed by atoms with van der Waals surface area (Å²) in [6.45, 7) is 2.82. The number of hydrogen-bond acceptors (Lipinski definition) is 4. The van der Waals surface area contributed by atoms with E-state index in [1.807, 2.05) is 0 Å². The SMILES string of the molecule is COC(=O)c1ccc(F)cc1NC(=O)C(C)C(C)C(=O)O. The number of carboxylic acids is 1. The third kappa shape index (κ3) is 4.01. The minimum atomic E-state index is -1.12. The van der Waals surface area contributed by atoms with Gasteiger partial charge in [-0.1, -0.05) is 13.8 Å². The molecule has 0 saturated heterocycles. The fraction of sp³-hybridized carbons (Fsp3) is 0.357. The summed E-state index contributed by atoms with van der Waals surface area (Å²) in [4.78, 5) is 34.4. The average Bonchev–Trinajstić information content (AvgIpc) is 2.44. The smallest absolute Gasteiger partial charge is 0.339 e. The molecule has 1 rings (SSSR count). The maximum absolute atomic E-state index is 13.3. The van der Waals surface area contributed by atoms with Gasteiger partial charge in [-0.15, -0.1) is 0 Å². The van der Waals surface area contributed by atoms with Crippen LogP contribution in [0.2, 0.25) is 0 Å². The zero-order valence-corrected chi connectivity index (χ0v) is 11.8. The van der Waals surface area contributed by atoms with Gasteiger partial charge in [0.1, 0.15) is 5.82 Å². The van der Waals surface area contributed by atoms with Crippen molar-refractivity contribution in [1.29, 1.82) is 0 Å². The Morgan fingerprint density at radius 2 is 1.86 bits per heavy atom. The number of carbonyl (C=O) groups is 3. The number of halogens is 1. The highest BCUT2D eigenvalue weighted by Gasteiger charge is 2.27. The normalized spacial score (nSPS) is 13.1. The van der Waals surface area contributed by atoms with Gasteiger partial charge in [-0.2, -0.15) is 0 Å². The third-order valence-corrected chi connectivity index (χ3v) is 3.20. The van der Waals surface area contributed by atoms with E-state index < -0.39 is 35.5 Å². The van der Waals surface area contributed by atoms with Crippen molar-refractivity contribution >= 4 is 23.5 Å². The van der Waals surface area contributed by atoms with E-state index in [1.54, 1.807) is 0 Å². The van der Waals surface area contributed by atoms with Crippen molar-refractivity contribution in [1.82, 2.24) is 0 Å². The zero-order chi connectivity index (χ0) is 16.2. The molecule has 2 atom stereocenters. The summed E-state index contributed by atoms with van der Waals surface area (Å²) in [6, 6.07) is 3.22. The standard InChI is InChI=1S/C14H16FNO5/c1-7(8(2)13(18)19)12(17)16-11-6-9(15)4-5-10(11)14(20)21-3/h4-8H,1-3H3,(H,16,17)(H,18,19). The van der Waals surface area contributed by atoms with Gasteiger partial charge in [0, 0.05) is 5.92 Å². The minimum Gasteiger partial charge on any atom is -0.481 e. The quantitative estimate of drug-likeness (QED) is 0.810. The number of amides is 1. The Hall–Kier alpha value is -2.44. The van der Waals surface area contributed by atoms with Gasteiger partial charge < -0.3 is 15.2 Å². The molecule has 0 aromatic heterocycles. The van der Waals surface area contributed by atoms with Crippen LogP contribution in [0, 0.1) is 17.7 Å². The summed E-state index contributed by atoms with van der Waals surface area (Å²) in [5.41, 5.74) is -0.0706. The first-order chi connectivity index (χ1) is 9.77. The lowest BCUT2D eigenvalue weighted by Gasteiger charge is -2.17. The van der Waals surface area contributed by atoms with E-state index >= 15 is 0 Å². The first-order valence-electron chi connectivity index (χ1n) is 6.19. The van der Waals surface area contributed by atoms with Crippen molar-refractivity contribution in [2.75, 3.05) is 12.4 Å². The van der Waals surface area contributed by atoms with Crippen LogP contribution in [0.3, 0.4) is 0 Å². The second kappa shape index (κ2) is 6.83. The first-order valence-corrected chi connectivity index (χ1v) is 6.19. The topological polar surface area (TPSA) is 92.7 Å². The molecule has 2 N–H and O–H groups in total. The van der Waals surface area contributed by atoms with Crippen molar-refractivity contribution in [3.63, 3.8) is 0 Å². The first kappa shape index (κ1) is 16.6. The lowest BCUT2D eigenvalue weighted by atomic mass is 9.95. The Kier molecular flexibility index (Phi) is 5.40. The molecule has 7 heteroatoms. The number of anilines is 1. The third-order valence-electron chi connectivity index (χ3n) is 3.20. The Morgan fingerprint density at radius 3 is 2.38 bits per heavy atom. The molecule has 0 aliphatic carbocycles. The highest BCUT2D eigenvalue weighted by atomic mass is 19.1. The highest BCUT2D eigenvalue weighted by Crippen LogP contribution is 2.21. The molecule has 114 valence electrons. The summed E-state index contributed by atoms with van der Waals surface area (Å²) in [5.74, 6) is -4.89. The summed E-state index contributed by atoms with van der Waals surface area (Å²) in [7, 11) is 1.16. The van der Waals surface area contributed by atoms with E-state index in [2.05, 4.69) is 10.1 Å². The van der Waals surface area contributed by atoms with Crippen LogP contribution in [0.1, 0.15) is 24.2 Å². The second-order valence-electron chi connectivity index (χ2n) is 4.59. The molecule has 2 unspecified atom stereocenters. The van der Waals surface area contributed by atoms with Crippen LogP contribution in [0.25, 0.3) is 0 Å². The second-order valence-corrected chi connectivity index (χ2v) is 4.59. The van der Waals surface area contributed by atoms with Crippen LogP contribution in [0.5, 0.6) is 0 Å². The van der Waals surface area contributed by atoms with Gasteiger partial charge in [-0.3, -0.25) is 9.59 Å². The molecular formula is C14H16FNO5. The van der Waals surface area contributed by atoms with Crippen LogP contribution < -0.4 is 5.32 Å². The number of benzene rings is 1. The van der Waals surface area contributed by atoms with Crippen LogP contribution in [0.15, 0.2) is 18.2 Å². The van der Waals surface area contributed by atoms with E-state index in [4.69, 9.17) is 5.11 Å². The molecule has 0 saturated carbocycles. The van der Waals surface area contributed by atoms with Gasteiger partial charge in [-0.05, 0) is 18.2 Å². The van der Waals surface area contributed by atoms with Gasteiger partial charge in [0.05, 0.1) is 24.3 Å². The zero-order valence-electron chi connectivity index (χ0n) is 11.8. The van der Waals surface area contributed by atoms with E-state index in [9.17, 15) is 18.8 Å². The minimum absolute atomic E-state index is 0.0116. The number of esters is 1. The summed E-state index contributed by atoms with van der Waals surface area (Å²) in [6.07, 6.45) is 0. The fourth-order valence-electron chi connectivity index (χ4n) is 1.60. The average molecular weight is 297 g/mol. The fourth-order valence-corrected chi connectivity index (χ4v) is 1.60. The highest BCUT2D eigenvalue weighted by molar-refractivity contribution is 6.02. The Labute approximate surface area is 120 Å². The maximum atomic E-state index is 13.3. The van der Waals surface area contributed by atoms with Gasteiger partial charge in [0.25, 0.3) is 0 Å². The number of carboxylic acid groups (broad SMARTS) is 1. The van der Waals surface area contributed by atoms with E-state index in [0.29, 0.717) is 0 Å². The number of ether oxygens (including phenoxy) is 1. The molecule has 1 amide bonds. The van der Waals surface area contributed by atoms with E-state index in [-0.39, 0.29) is 11.3 Å². The Morgan fingerprint density at radius 1 is 1.24 bits per heavy atom. The van der Waals surface area contributed by atoms with Crippen LogP contribution in [-0.4, -0.2) is 30.1 Å². The van der Waals surface area contributed by atoms with Crippen molar-refractivity contribution in [3.8, 4) is 0 Å². The predicted molar refractivity (Wildman–Crippen MR) is 72.3 cm³/mol. The molecule has 21 heavy (non-hydrogen) atoms. The summed E-state index contributed by atoms with van der Waals surface area (Å²) < 4.78 is 17.8. The summed E-state index contributed by atoms with van der Waals surface area (Å²) in [5, 5.41) is 11.2. The van der Waals surface area contributed by atoms with Crippen molar-refractivity contribution in [3.05, 3.63) is 29.6 Å². The Balaban J connectivity index is 3.01. The van der Waals surface area contributed by atoms with Gasteiger partial charge >= 0.3 is 11.9 Å². The predicted octanol–water partition coefficient (Wildman–Crippen LogP) is 1.91. The molecular weight excluding hydrogens is 281 g/mol. The molecule has 1 aromatic carbocycles. The van der Waals surface area contributed by atoms with Gasteiger partial charge in [0.2, 0.25) is 5.91 Å². The van der Waals surface area contributed by atoms with Crippen LogP contribution in [0.4, 0.5) is 10.1 Å². The van der Waals surface area contributed by atoms with Crippen LogP contribution in [-0.2, 0) is 14.3 Å². The lowest BCUT2D eigenvalue weighted by molar-refractivity contribution is -0.145. The molecule has 0 bridgehead atoms. The largest absolute Gasteiger partial charge is 0.481 e.